The number of urea groups is 1. The summed E-state index contributed by atoms with van der Waals surface area (Å²) < 4.78 is 0. The van der Waals surface area contributed by atoms with E-state index in [0.717, 1.165) is 12.8 Å². The molecule has 0 aliphatic carbocycles. The molecule has 0 saturated carbocycles. The van der Waals surface area contributed by atoms with E-state index in [1.165, 1.54) is 4.90 Å². The number of hydrogen-bond donors (Lipinski definition) is 3. The first-order valence-corrected chi connectivity index (χ1v) is 6.92. The maximum absolute atomic E-state index is 12.1. The Morgan fingerprint density at radius 3 is 2.16 bits per heavy atom. The van der Waals surface area contributed by atoms with E-state index in [2.05, 4.69) is 5.32 Å². The van der Waals surface area contributed by atoms with Crippen LogP contribution in [-0.4, -0.2) is 52.3 Å². The molecule has 112 valence electrons. The third-order valence-corrected chi connectivity index (χ3v) is 3.16. The fourth-order valence-corrected chi connectivity index (χ4v) is 2.07. The molecule has 0 aromatic heterocycles. The molecule has 0 aliphatic heterocycles. The number of nitrogens with zero attached hydrogens (tertiary/aromatic N) is 1. The number of hydrogen-bond acceptors (Lipinski definition) is 3. The van der Waals surface area contributed by atoms with Crippen molar-refractivity contribution in [3.8, 4) is 0 Å². The highest BCUT2D eigenvalue weighted by Gasteiger charge is 2.25. The van der Waals surface area contributed by atoms with Gasteiger partial charge in [-0.25, -0.2) is 9.59 Å². The van der Waals surface area contributed by atoms with Gasteiger partial charge >= 0.3 is 12.0 Å². The van der Waals surface area contributed by atoms with Gasteiger partial charge in [0.05, 0.1) is 6.61 Å². The quantitative estimate of drug-likeness (QED) is 0.593. The SMILES string of the molecule is CCC[C@@H](NC(=O)N(CCO)C(CC)CC)C(=O)O. The highest BCUT2D eigenvalue weighted by Crippen LogP contribution is 2.09. The van der Waals surface area contributed by atoms with E-state index in [4.69, 9.17) is 10.2 Å². The molecule has 0 rings (SSSR count). The Labute approximate surface area is 114 Å². The first kappa shape index (κ1) is 17.7. The fourth-order valence-electron chi connectivity index (χ4n) is 2.07. The summed E-state index contributed by atoms with van der Waals surface area (Å²) in [4.78, 5) is 24.7. The topological polar surface area (TPSA) is 89.9 Å². The number of rotatable bonds is 9. The summed E-state index contributed by atoms with van der Waals surface area (Å²) in [5.74, 6) is -1.02. The number of aliphatic carboxylic acids is 1. The molecule has 0 fully saturated rings. The molecule has 0 saturated heterocycles. The fraction of sp³-hybridized carbons (Fsp3) is 0.846. The van der Waals surface area contributed by atoms with E-state index < -0.39 is 18.0 Å². The Kier molecular flexibility index (Phi) is 8.95. The molecule has 2 amide bonds. The van der Waals surface area contributed by atoms with Crippen molar-refractivity contribution < 1.29 is 19.8 Å². The lowest BCUT2D eigenvalue weighted by molar-refractivity contribution is -0.139. The van der Waals surface area contributed by atoms with Gasteiger partial charge in [0.2, 0.25) is 0 Å². The van der Waals surface area contributed by atoms with Crippen molar-refractivity contribution in [3.05, 3.63) is 0 Å². The Morgan fingerprint density at radius 1 is 1.21 bits per heavy atom. The summed E-state index contributed by atoms with van der Waals surface area (Å²) in [6.45, 7) is 5.89. The summed E-state index contributed by atoms with van der Waals surface area (Å²) in [6.07, 6.45) is 2.63. The molecule has 0 aromatic carbocycles. The van der Waals surface area contributed by atoms with Gasteiger partial charge in [0.25, 0.3) is 0 Å². The zero-order valence-corrected chi connectivity index (χ0v) is 12.1. The summed E-state index contributed by atoms with van der Waals surface area (Å²) in [5, 5.41) is 20.6. The first-order valence-electron chi connectivity index (χ1n) is 6.92. The van der Waals surface area contributed by atoms with Gasteiger partial charge in [-0.1, -0.05) is 27.2 Å². The number of amides is 2. The van der Waals surface area contributed by atoms with Gasteiger partial charge < -0.3 is 20.4 Å². The van der Waals surface area contributed by atoms with Crippen molar-refractivity contribution in [2.45, 2.75) is 58.5 Å². The molecule has 0 aliphatic rings. The molecule has 1 atom stereocenters. The summed E-state index contributed by atoms with van der Waals surface area (Å²) in [5.41, 5.74) is 0. The number of carbonyl (C=O) groups is 2. The molecule has 3 N–H and O–H groups in total. The van der Waals surface area contributed by atoms with Crippen LogP contribution in [0.3, 0.4) is 0 Å². The van der Waals surface area contributed by atoms with Gasteiger partial charge in [-0.15, -0.1) is 0 Å². The van der Waals surface area contributed by atoms with Crippen LogP contribution in [0.4, 0.5) is 4.79 Å². The van der Waals surface area contributed by atoms with Gasteiger partial charge in [-0.2, -0.15) is 0 Å². The van der Waals surface area contributed by atoms with Crippen LogP contribution < -0.4 is 5.32 Å². The second-order valence-electron chi connectivity index (χ2n) is 4.52. The van der Waals surface area contributed by atoms with E-state index in [1.807, 2.05) is 20.8 Å². The van der Waals surface area contributed by atoms with Crippen LogP contribution in [0.5, 0.6) is 0 Å². The predicted octanol–water partition coefficient (Wildman–Crippen LogP) is 1.43. The number of aliphatic hydroxyl groups excluding tert-OH is 1. The van der Waals surface area contributed by atoms with Crippen molar-refractivity contribution in [2.24, 2.45) is 0 Å². The molecule has 0 aromatic rings. The molecule has 0 unspecified atom stereocenters. The first-order chi connectivity index (χ1) is 9.01. The molecule has 0 heterocycles. The minimum Gasteiger partial charge on any atom is -0.480 e. The van der Waals surface area contributed by atoms with Gasteiger partial charge in [0, 0.05) is 12.6 Å². The van der Waals surface area contributed by atoms with E-state index in [-0.39, 0.29) is 19.2 Å². The zero-order valence-electron chi connectivity index (χ0n) is 12.1. The molecular weight excluding hydrogens is 248 g/mol. The summed E-state index contributed by atoms with van der Waals surface area (Å²) in [7, 11) is 0. The Morgan fingerprint density at radius 2 is 1.79 bits per heavy atom. The summed E-state index contributed by atoms with van der Waals surface area (Å²) >= 11 is 0. The van der Waals surface area contributed by atoms with Crippen molar-refractivity contribution in [1.29, 1.82) is 0 Å². The van der Waals surface area contributed by atoms with E-state index in [9.17, 15) is 9.59 Å². The smallest absolute Gasteiger partial charge is 0.326 e. The van der Waals surface area contributed by atoms with Crippen molar-refractivity contribution in [3.63, 3.8) is 0 Å². The zero-order chi connectivity index (χ0) is 14.8. The number of carboxylic acids is 1. The van der Waals surface area contributed by atoms with Crippen molar-refractivity contribution in [2.75, 3.05) is 13.2 Å². The number of aliphatic hydroxyl groups is 1. The van der Waals surface area contributed by atoms with Crippen molar-refractivity contribution >= 4 is 12.0 Å². The monoisotopic (exact) mass is 274 g/mol. The van der Waals surface area contributed by atoms with Crippen LogP contribution >= 0.6 is 0 Å². The highest BCUT2D eigenvalue weighted by atomic mass is 16.4. The Hall–Kier alpha value is -1.30. The third kappa shape index (κ3) is 5.92. The van der Waals surface area contributed by atoms with Gasteiger partial charge in [-0.05, 0) is 19.3 Å². The van der Waals surface area contributed by atoms with Gasteiger partial charge in [-0.3, -0.25) is 0 Å². The summed E-state index contributed by atoms with van der Waals surface area (Å²) in [6, 6.07) is -1.26. The molecule has 0 spiro atoms. The standard InChI is InChI=1S/C13H26N2O4/c1-4-7-11(12(17)18)14-13(19)15(8-9-16)10(5-2)6-3/h10-11,16H,4-9H2,1-3H3,(H,14,19)(H,17,18)/t11-/m1/s1. The third-order valence-electron chi connectivity index (χ3n) is 3.16. The highest BCUT2D eigenvalue weighted by molar-refractivity contribution is 5.82. The lowest BCUT2D eigenvalue weighted by Crippen LogP contribution is -2.52. The molecule has 19 heavy (non-hydrogen) atoms. The van der Waals surface area contributed by atoms with Crippen LogP contribution in [0.1, 0.15) is 46.5 Å². The lowest BCUT2D eigenvalue weighted by Gasteiger charge is -2.31. The molecule has 6 heteroatoms. The molecule has 0 bridgehead atoms. The van der Waals surface area contributed by atoms with Crippen molar-refractivity contribution in [1.82, 2.24) is 10.2 Å². The van der Waals surface area contributed by atoms with Crippen LogP contribution in [0.15, 0.2) is 0 Å². The average Bonchev–Trinajstić information content (AvgIpc) is 2.38. The number of carboxylic acid groups (broad SMARTS) is 1. The lowest BCUT2D eigenvalue weighted by atomic mass is 10.1. The normalized spacial score (nSPS) is 12.3. The van der Waals surface area contributed by atoms with Crippen LogP contribution in [0.2, 0.25) is 0 Å². The largest absolute Gasteiger partial charge is 0.480 e. The molecule has 0 radical (unpaired) electrons. The second-order valence-corrected chi connectivity index (χ2v) is 4.52. The molecular formula is C13H26N2O4. The van der Waals surface area contributed by atoms with Crippen LogP contribution in [0.25, 0.3) is 0 Å². The van der Waals surface area contributed by atoms with Crippen LogP contribution in [0, 0.1) is 0 Å². The number of carbonyl (C=O) groups excluding carboxylic acids is 1. The van der Waals surface area contributed by atoms with E-state index in [0.29, 0.717) is 12.8 Å². The molecule has 6 nitrogen and oxygen atoms in total. The minimum atomic E-state index is -1.02. The van der Waals surface area contributed by atoms with Gasteiger partial charge in [0.15, 0.2) is 0 Å². The van der Waals surface area contributed by atoms with Gasteiger partial charge in [0.1, 0.15) is 6.04 Å². The predicted molar refractivity (Wildman–Crippen MR) is 73.0 cm³/mol. The maximum Gasteiger partial charge on any atom is 0.326 e. The van der Waals surface area contributed by atoms with E-state index in [1.54, 1.807) is 0 Å². The maximum atomic E-state index is 12.1. The Balaban J connectivity index is 4.74. The Bertz CT molecular complexity index is 280. The van der Waals surface area contributed by atoms with E-state index >= 15 is 0 Å². The van der Waals surface area contributed by atoms with Crippen LogP contribution in [-0.2, 0) is 4.79 Å². The average molecular weight is 274 g/mol. The minimum absolute atomic E-state index is 0.0169. The second kappa shape index (κ2) is 9.61. The number of nitrogens with one attached hydrogen (secondary N) is 1.